The molecule has 10 heteroatoms. The van der Waals surface area contributed by atoms with Crippen LogP contribution in [0.25, 0.3) is 16.4 Å². The molecule has 0 bridgehead atoms. The number of amides is 1. The number of carbonyl (C=O) groups is 1. The lowest BCUT2D eigenvalue weighted by molar-refractivity contribution is -0.464. The maximum atomic E-state index is 13.6. The number of imidazole rings is 1. The van der Waals surface area contributed by atoms with E-state index in [4.69, 9.17) is 29.8 Å². The molecule has 2 aliphatic rings. The number of aromatic nitrogens is 2. The number of aliphatic hydroxyl groups is 3. The van der Waals surface area contributed by atoms with E-state index in [0.717, 1.165) is 51.8 Å². The highest BCUT2D eigenvalue weighted by molar-refractivity contribution is 7.13. The van der Waals surface area contributed by atoms with E-state index in [2.05, 4.69) is 30.5 Å². The van der Waals surface area contributed by atoms with Crippen LogP contribution in [0.5, 0.6) is 5.75 Å². The zero-order valence-electron chi connectivity index (χ0n) is 20.6. The molecule has 0 radical (unpaired) electrons. The standard InChI is InChI=1S/C26H31N3O6S/c1-15(2)11-17-12-20-16(13-21(17)34-3)6-7-19-23(27-24(29(19)20)22-5-4-10-36-22)25(30)28-9-8-18(14-28)35-26(31,32)33/h4-5,10,12-13,15,18,31-33H,6-9,11,14H2,1-3H3. The van der Waals surface area contributed by atoms with Crippen molar-refractivity contribution in [1.29, 1.82) is 0 Å². The highest BCUT2D eigenvalue weighted by atomic mass is 32.1. The van der Waals surface area contributed by atoms with Gasteiger partial charge in [-0.05, 0) is 66.3 Å². The van der Waals surface area contributed by atoms with Crippen LogP contribution in [0.1, 0.15) is 47.6 Å². The number of hydrogen-bond donors (Lipinski definition) is 3. The van der Waals surface area contributed by atoms with Crippen molar-refractivity contribution < 1.29 is 29.6 Å². The summed E-state index contributed by atoms with van der Waals surface area (Å²) in [5.74, 6) is 1.84. The van der Waals surface area contributed by atoms with Crippen molar-refractivity contribution in [3.05, 3.63) is 52.2 Å². The molecular weight excluding hydrogens is 482 g/mol. The van der Waals surface area contributed by atoms with Gasteiger partial charge in [-0.25, -0.2) is 4.98 Å². The topological polar surface area (TPSA) is 117 Å². The molecule has 9 nitrogen and oxygen atoms in total. The van der Waals surface area contributed by atoms with E-state index in [1.165, 1.54) is 0 Å². The van der Waals surface area contributed by atoms with E-state index in [0.29, 0.717) is 31.0 Å². The Morgan fingerprint density at radius 1 is 1.28 bits per heavy atom. The summed E-state index contributed by atoms with van der Waals surface area (Å²) >= 11 is 1.57. The molecule has 1 atom stereocenters. The molecule has 1 amide bonds. The van der Waals surface area contributed by atoms with Crippen molar-refractivity contribution in [1.82, 2.24) is 14.5 Å². The Kier molecular flexibility index (Phi) is 6.65. The van der Waals surface area contributed by atoms with Crippen LogP contribution in [0.15, 0.2) is 29.6 Å². The Morgan fingerprint density at radius 3 is 2.75 bits per heavy atom. The second kappa shape index (κ2) is 9.60. The first-order chi connectivity index (χ1) is 17.1. The van der Waals surface area contributed by atoms with Crippen LogP contribution in [-0.4, -0.2) is 68.1 Å². The number of aryl methyl sites for hydroxylation is 1. The normalized spacial score (nSPS) is 17.4. The van der Waals surface area contributed by atoms with Gasteiger partial charge in [-0.1, -0.05) is 19.9 Å². The van der Waals surface area contributed by atoms with Gasteiger partial charge in [0.05, 0.1) is 29.5 Å². The number of thiophene rings is 1. The van der Waals surface area contributed by atoms with E-state index in [9.17, 15) is 4.79 Å². The first-order valence-electron chi connectivity index (χ1n) is 12.1. The summed E-state index contributed by atoms with van der Waals surface area (Å²) in [5.41, 5.74) is 4.56. The highest BCUT2D eigenvalue weighted by Gasteiger charge is 2.37. The molecule has 1 saturated heterocycles. The summed E-state index contributed by atoms with van der Waals surface area (Å²) in [6, 6.07) is 8.26. The van der Waals surface area contributed by atoms with E-state index in [1.807, 2.05) is 17.5 Å². The third-order valence-corrected chi connectivity index (χ3v) is 7.52. The fourth-order valence-corrected chi connectivity index (χ4v) is 5.88. The van der Waals surface area contributed by atoms with Crippen LogP contribution in [0.2, 0.25) is 0 Å². The van der Waals surface area contributed by atoms with E-state index in [1.54, 1.807) is 23.3 Å². The third kappa shape index (κ3) is 4.79. The largest absolute Gasteiger partial charge is 0.496 e. The number of ether oxygens (including phenoxy) is 2. The molecule has 192 valence electrons. The maximum Gasteiger partial charge on any atom is 0.405 e. The van der Waals surface area contributed by atoms with Crippen molar-refractivity contribution in [3.8, 4) is 22.1 Å². The molecule has 3 aromatic rings. The predicted octanol–water partition coefficient (Wildman–Crippen LogP) is 2.73. The average molecular weight is 514 g/mol. The Bertz CT molecular complexity index is 1260. The lowest BCUT2D eigenvalue weighted by atomic mass is 9.94. The van der Waals surface area contributed by atoms with Gasteiger partial charge >= 0.3 is 6.16 Å². The molecule has 1 unspecified atom stereocenters. The summed E-state index contributed by atoms with van der Waals surface area (Å²) in [6.45, 7) is 4.86. The van der Waals surface area contributed by atoms with Gasteiger partial charge in [0.15, 0.2) is 11.5 Å². The molecule has 5 rings (SSSR count). The Labute approximate surface area is 213 Å². The number of carbonyl (C=O) groups excluding carboxylic acids is 1. The smallest absolute Gasteiger partial charge is 0.405 e. The number of benzene rings is 1. The van der Waals surface area contributed by atoms with Crippen LogP contribution >= 0.6 is 11.3 Å². The van der Waals surface area contributed by atoms with Crippen LogP contribution in [0.3, 0.4) is 0 Å². The van der Waals surface area contributed by atoms with E-state index in [-0.39, 0.29) is 12.5 Å². The molecule has 0 saturated carbocycles. The highest BCUT2D eigenvalue weighted by Crippen LogP contribution is 2.38. The van der Waals surface area contributed by atoms with Crippen LogP contribution in [0, 0.1) is 5.92 Å². The fourth-order valence-electron chi connectivity index (χ4n) is 5.17. The zero-order valence-corrected chi connectivity index (χ0v) is 21.4. The van der Waals surface area contributed by atoms with Gasteiger partial charge in [0, 0.05) is 13.1 Å². The molecule has 4 heterocycles. The number of fused-ring (bicyclic) bond motifs is 3. The van der Waals surface area contributed by atoms with Gasteiger partial charge in [0.25, 0.3) is 5.91 Å². The molecule has 3 N–H and O–H groups in total. The van der Waals surface area contributed by atoms with E-state index >= 15 is 0 Å². The Morgan fingerprint density at radius 2 is 2.08 bits per heavy atom. The summed E-state index contributed by atoms with van der Waals surface area (Å²) in [6.07, 6.45) is -1.24. The summed E-state index contributed by atoms with van der Waals surface area (Å²) < 4.78 is 12.7. The van der Waals surface area contributed by atoms with Gasteiger partial charge in [-0.15, -0.1) is 11.3 Å². The minimum Gasteiger partial charge on any atom is -0.496 e. The Balaban J connectivity index is 1.57. The monoisotopic (exact) mass is 513 g/mol. The maximum absolute atomic E-state index is 13.6. The summed E-state index contributed by atoms with van der Waals surface area (Å²) in [4.78, 5) is 21.1. The number of methoxy groups -OCH3 is 1. The van der Waals surface area contributed by atoms with Crippen molar-refractivity contribution in [2.24, 2.45) is 5.92 Å². The first kappa shape index (κ1) is 24.9. The predicted molar refractivity (Wildman–Crippen MR) is 134 cm³/mol. The lowest BCUT2D eigenvalue weighted by Crippen LogP contribution is -2.38. The second-order valence-electron chi connectivity index (χ2n) is 9.79. The molecule has 2 aliphatic heterocycles. The molecule has 0 spiro atoms. The van der Waals surface area contributed by atoms with Gasteiger partial charge < -0.3 is 25.0 Å². The molecular formula is C26H31N3O6S. The third-order valence-electron chi connectivity index (χ3n) is 6.66. The van der Waals surface area contributed by atoms with E-state index < -0.39 is 12.3 Å². The zero-order chi connectivity index (χ0) is 25.6. The van der Waals surface area contributed by atoms with Crippen molar-refractivity contribution in [2.75, 3.05) is 20.2 Å². The average Bonchev–Trinajstić information content (AvgIpc) is 3.56. The minimum absolute atomic E-state index is 0.134. The van der Waals surface area contributed by atoms with Crippen molar-refractivity contribution >= 4 is 17.2 Å². The van der Waals surface area contributed by atoms with Gasteiger partial charge in [-0.3, -0.25) is 14.1 Å². The van der Waals surface area contributed by atoms with Gasteiger partial charge in [0.1, 0.15) is 5.75 Å². The van der Waals surface area contributed by atoms with Crippen molar-refractivity contribution in [2.45, 2.75) is 51.8 Å². The number of rotatable bonds is 7. The van der Waals surface area contributed by atoms with Crippen LogP contribution < -0.4 is 4.74 Å². The SMILES string of the molecule is COc1cc2c(cc1CC(C)C)-n1c(-c3cccs3)nc(C(=O)N3CCC(OC(O)(O)O)C3)c1CC2. The quantitative estimate of drug-likeness (QED) is 0.416. The molecule has 1 fully saturated rings. The first-order valence-corrected chi connectivity index (χ1v) is 13.0. The number of likely N-dealkylation sites (tertiary alicyclic amines) is 1. The number of nitrogens with zero attached hydrogens (tertiary/aromatic N) is 3. The van der Waals surface area contributed by atoms with Crippen LogP contribution in [0.4, 0.5) is 0 Å². The molecule has 2 aromatic heterocycles. The molecule has 36 heavy (non-hydrogen) atoms. The van der Waals surface area contributed by atoms with Gasteiger partial charge in [0.2, 0.25) is 0 Å². The minimum atomic E-state index is -3.22. The Hall–Kier alpha value is -2.76. The molecule has 1 aromatic carbocycles. The van der Waals surface area contributed by atoms with Gasteiger partial charge in [-0.2, -0.15) is 0 Å². The molecule has 0 aliphatic carbocycles. The second-order valence-corrected chi connectivity index (χ2v) is 10.7. The fraction of sp³-hybridized carbons (Fsp3) is 0.462. The lowest BCUT2D eigenvalue weighted by Gasteiger charge is -2.24. The van der Waals surface area contributed by atoms with Crippen molar-refractivity contribution in [3.63, 3.8) is 0 Å². The summed E-state index contributed by atoms with van der Waals surface area (Å²) in [7, 11) is 1.70. The summed E-state index contributed by atoms with van der Waals surface area (Å²) in [5, 5.41) is 29.5. The number of hydrogen-bond acceptors (Lipinski definition) is 8. The van der Waals surface area contributed by atoms with Crippen LogP contribution in [-0.2, 0) is 24.0 Å².